The molecule has 1 heterocycles. The van der Waals surface area contributed by atoms with Gasteiger partial charge in [0, 0.05) is 0 Å². The molecule has 0 aliphatic heterocycles. The monoisotopic (exact) mass is 264 g/mol. The molecule has 1 unspecified atom stereocenters. The van der Waals surface area contributed by atoms with Crippen molar-refractivity contribution in [2.24, 2.45) is 5.92 Å². The van der Waals surface area contributed by atoms with E-state index in [2.05, 4.69) is 54.9 Å². The summed E-state index contributed by atoms with van der Waals surface area (Å²) in [6.07, 6.45) is 1.13. The van der Waals surface area contributed by atoms with Crippen LogP contribution in [0, 0.1) is 5.92 Å². The smallest absolute Gasteiger partial charge is 0.0843 e. The SMILES string of the molecule is CC(C)Cc1ccc(C(Cl)c2ccsc2)cc1. The Morgan fingerprint density at radius 2 is 1.76 bits per heavy atom. The molecule has 0 saturated heterocycles. The van der Waals surface area contributed by atoms with Gasteiger partial charge in [-0.1, -0.05) is 38.1 Å². The summed E-state index contributed by atoms with van der Waals surface area (Å²) in [5, 5.41) is 4.16. The van der Waals surface area contributed by atoms with Crippen LogP contribution in [0.3, 0.4) is 0 Å². The number of rotatable bonds is 4. The lowest BCUT2D eigenvalue weighted by molar-refractivity contribution is 0.647. The van der Waals surface area contributed by atoms with Gasteiger partial charge < -0.3 is 0 Å². The standard InChI is InChI=1S/C15H17ClS/c1-11(2)9-12-3-5-13(6-4-12)15(16)14-7-8-17-10-14/h3-8,10-11,15H,9H2,1-2H3. The van der Waals surface area contributed by atoms with E-state index in [0.29, 0.717) is 5.92 Å². The van der Waals surface area contributed by atoms with Gasteiger partial charge in [-0.3, -0.25) is 0 Å². The molecule has 0 spiro atoms. The van der Waals surface area contributed by atoms with Crippen molar-refractivity contribution >= 4 is 22.9 Å². The number of thiophene rings is 1. The van der Waals surface area contributed by atoms with Crippen LogP contribution >= 0.6 is 22.9 Å². The molecule has 2 aromatic rings. The molecular formula is C15H17ClS. The molecule has 0 amide bonds. The molecule has 0 radical (unpaired) electrons. The maximum Gasteiger partial charge on any atom is 0.0843 e. The zero-order valence-electron chi connectivity index (χ0n) is 10.2. The summed E-state index contributed by atoms with van der Waals surface area (Å²) < 4.78 is 0. The third kappa shape index (κ3) is 3.34. The van der Waals surface area contributed by atoms with Crippen molar-refractivity contribution in [1.82, 2.24) is 0 Å². The first-order valence-corrected chi connectivity index (χ1v) is 7.29. The highest BCUT2D eigenvalue weighted by Gasteiger charge is 2.10. The largest absolute Gasteiger partial charge is 0.152 e. The molecule has 17 heavy (non-hydrogen) atoms. The van der Waals surface area contributed by atoms with Crippen molar-refractivity contribution in [3.8, 4) is 0 Å². The lowest BCUT2D eigenvalue weighted by atomic mass is 10.00. The molecule has 0 aliphatic rings. The fraction of sp³-hybridized carbons (Fsp3) is 0.333. The van der Waals surface area contributed by atoms with Gasteiger partial charge in [-0.15, -0.1) is 11.6 Å². The first kappa shape index (κ1) is 12.7. The second-order valence-electron chi connectivity index (χ2n) is 4.76. The van der Waals surface area contributed by atoms with Crippen LogP contribution in [0.1, 0.15) is 35.9 Å². The molecule has 1 aromatic heterocycles. The fourth-order valence-corrected chi connectivity index (χ4v) is 2.95. The van der Waals surface area contributed by atoms with Crippen LogP contribution in [-0.2, 0) is 6.42 Å². The summed E-state index contributed by atoms with van der Waals surface area (Å²) in [5.41, 5.74) is 3.75. The summed E-state index contributed by atoms with van der Waals surface area (Å²) in [6.45, 7) is 4.48. The summed E-state index contributed by atoms with van der Waals surface area (Å²) in [7, 11) is 0. The highest BCUT2D eigenvalue weighted by Crippen LogP contribution is 2.30. The van der Waals surface area contributed by atoms with Crippen LogP contribution in [0.5, 0.6) is 0 Å². The van der Waals surface area contributed by atoms with Crippen molar-refractivity contribution in [3.63, 3.8) is 0 Å². The molecular weight excluding hydrogens is 248 g/mol. The van der Waals surface area contributed by atoms with Gasteiger partial charge in [-0.2, -0.15) is 11.3 Å². The molecule has 0 aliphatic carbocycles. The number of halogens is 1. The zero-order valence-corrected chi connectivity index (χ0v) is 11.8. The van der Waals surface area contributed by atoms with Crippen LogP contribution in [-0.4, -0.2) is 0 Å². The maximum atomic E-state index is 6.44. The van der Waals surface area contributed by atoms with Crippen LogP contribution in [0.4, 0.5) is 0 Å². The van der Waals surface area contributed by atoms with Crippen LogP contribution < -0.4 is 0 Å². The van der Waals surface area contributed by atoms with Crippen molar-refractivity contribution in [1.29, 1.82) is 0 Å². The van der Waals surface area contributed by atoms with Crippen molar-refractivity contribution < 1.29 is 0 Å². The first-order valence-electron chi connectivity index (χ1n) is 5.92. The quantitative estimate of drug-likeness (QED) is 0.660. The molecule has 2 heteroatoms. The first-order chi connectivity index (χ1) is 8.16. The average molecular weight is 265 g/mol. The summed E-state index contributed by atoms with van der Waals surface area (Å²) >= 11 is 8.13. The van der Waals surface area contributed by atoms with E-state index < -0.39 is 0 Å². The number of hydrogen-bond donors (Lipinski definition) is 0. The molecule has 0 N–H and O–H groups in total. The minimum atomic E-state index is -0.0191. The van der Waals surface area contributed by atoms with Crippen molar-refractivity contribution in [2.45, 2.75) is 25.6 Å². The Kier molecular flexibility index (Phi) is 4.25. The minimum Gasteiger partial charge on any atom is -0.152 e. The fourth-order valence-electron chi connectivity index (χ4n) is 1.91. The molecule has 90 valence electrons. The topological polar surface area (TPSA) is 0 Å². The van der Waals surface area contributed by atoms with Crippen LogP contribution in [0.2, 0.25) is 0 Å². The molecule has 1 aromatic carbocycles. The van der Waals surface area contributed by atoms with E-state index in [9.17, 15) is 0 Å². The van der Waals surface area contributed by atoms with E-state index in [4.69, 9.17) is 11.6 Å². The molecule has 0 fully saturated rings. The molecule has 0 bridgehead atoms. The normalized spacial score (nSPS) is 12.9. The van der Waals surface area contributed by atoms with Gasteiger partial charge in [0.1, 0.15) is 0 Å². The van der Waals surface area contributed by atoms with Gasteiger partial charge in [-0.25, -0.2) is 0 Å². The Labute approximate surface area is 112 Å². The highest BCUT2D eigenvalue weighted by molar-refractivity contribution is 7.08. The molecule has 2 rings (SSSR count). The van der Waals surface area contributed by atoms with Crippen LogP contribution in [0.15, 0.2) is 41.1 Å². The van der Waals surface area contributed by atoms with Crippen molar-refractivity contribution in [2.75, 3.05) is 0 Å². The second-order valence-corrected chi connectivity index (χ2v) is 5.98. The summed E-state index contributed by atoms with van der Waals surface area (Å²) in [4.78, 5) is 0. The van der Waals surface area contributed by atoms with Gasteiger partial charge in [-0.05, 0) is 45.9 Å². The van der Waals surface area contributed by atoms with E-state index in [1.54, 1.807) is 11.3 Å². The van der Waals surface area contributed by atoms with Gasteiger partial charge in [0.25, 0.3) is 0 Å². The van der Waals surface area contributed by atoms with E-state index in [1.807, 2.05) is 0 Å². The van der Waals surface area contributed by atoms with E-state index in [-0.39, 0.29) is 5.38 Å². The molecule has 1 atom stereocenters. The Balaban J connectivity index is 2.12. The summed E-state index contributed by atoms with van der Waals surface area (Å²) in [6, 6.07) is 10.8. The van der Waals surface area contributed by atoms with Crippen LogP contribution in [0.25, 0.3) is 0 Å². The number of alkyl halides is 1. The number of benzene rings is 1. The van der Waals surface area contributed by atoms with Gasteiger partial charge in [0.2, 0.25) is 0 Å². The van der Waals surface area contributed by atoms with E-state index in [1.165, 1.54) is 16.7 Å². The Morgan fingerprint density at radius 1 is 1.06 bits per heavy atom. The van der Waals surface area contributed by atoms with Crippen molar-refractivity contribution in [3.05, 3.63) is 57.8 Å². The lowest BCUT2D eigenvalue weighted by Gasteiger charge is -2.10. The third-order valence-electron chi connectivity index (χ3n) is 2.75. The minimum absolute atomic E-state index is 0.0191. The highest BCUT2D eigenvalue weighted by atomic mass is 35.5. The second kappa shape index (κ2) is 5.70. The van der Waals surface area contributed by atoms with Gasteiger partial charge >= 0.3 is 0 Å². The Bertz CT molecular complexity index is 442. The third-order valence-corrected chi connectivity index (χ3v) is 3.96. The lowest BCUT2D eigenvalue weighted by Crippen LogP contribution is -1.95. The number of hydrogen-bond acceptors (Lipinski definition) is 1. The van der Waals surface area contributed by atoms with Gasteiger partial charge in [0.05, 0.1) is 5.38 Å². The molecule has 0 saturated carbocycles. The predicted molar refractivity (Wildman–Crippen MR) is 77.0 cm³/mol. The average Bonchev–Trinajstić information content (AvgIpc) is 2.82. The Morgan fingerprint density at radius 3 is 2.29 bits per heavy atom. The van der Waals surface area contributed by atoms with Gasteiger partial charge in [0.15, 0.2) is 0 Å². The van der Waals surface area contributed by atoms with E-state index >= 15 is 0 Å². The molecule has 0 nitrogen and oxygen atoms in total. The van der Waals surface area contributed by atoms with E-state index in [0.717, 1.165) is 6.42 Å². The summed E-state index contributed by atoms with van der Waals surface area (Å²) in [5.74, 6) is 0.699. The Hall–Kier alpha value is -0.790. The zero-order chi connectivity index (χ0) is 12.3. The predicted octanol–water partition coefficient (Wildman–Crippen LogP) is 5.27. The maximum absolute atomic E-state index is 6.44.